The van der Waals surface area contributed by atoms with Gasteiger partial charge in [-0.15, -0.1) is 0 Å². The van der Waals surface area contributed by atoms with Crippen LogP contribution < -0.4 is 5.32 Å². The van der Waals surface area contributed by atoms with Crippen LogP contribution in [0, 0.1) is 0 Å². The summed E-state index contributed by atoms with van der Waals surface area (Å²) in [5, 5.41) is 3.59. The summed E-state index contributed by atoms with van der Waals surface area (Å²) in [5.74, 6) is 0.988. The number of hydrogen-bond acceptors (Lipinski definition) is 3. The van der Waals surface area contributed by atoms with Crippen molar-refractivity contribution in [1.29, 1.82) is 0 Å². The predicted octanol–water partition coefficient (Wildman–Crippen LogP) is 4.20. The van der Waals surface area contributed by atoms with E-state index in [1.807, 2.05) is 12.1 Å². The van der Waals surface area contributed by atoms with E-state index in [1.54, 1.807) is 0 Å². The Morgan fingerprint density at radius 1 is 1.26 bits per heavy atom. The van der Waals surface area contributed by atoms with Crippen molar-refractivity contribution in [2.45, 2.75) is 52.6 Å². The lowest BCUT2D eigenvalue weighted by Gasteiger charge is -2.21. The SMILES string of the molecule is CCN(CC)CCCC(C)NC(C)c1ccc(Br)o1. The molecule has 19 heavy (non-hydrogen) atoms. The first-order chi connectivity index (χ1) is 9.06. The molecular formula is C15H27BrN2O. The third-order valence-electron chi connectivity index (χ3n) is 3.56. The Morgan fingerprint density at radius 3 is 2.47 bits per heavy atom. The van der Waals surface area contributed by atoms with Gasteiger partial charge in [0.15, 0.2) is 4.67 Å². The van der Waals surface area contributed by atoms with E-state index in [0.29, 0.717) is 6.04 Å². The number of hydrogen-bond donors (Lipinski definition) is 1. The molecule has 1 aromatic rings. The minimum atomic E-state index is 0.259. The minimum absolute atomic E-state index is 0.259. The molecule has 3 nitrogen and oxygen atoms in total. The maximum atomic E-state index is 5.57. The number of nitrogens with one attached hydrogen (secondary N) is 1. The highest BCUT2D eigenvalue weighted by Gasteiger charge is 2.12. The van der Waals surface area contributed by atoms with Crippen LogP contribution in [0.3, 0.4) is 0 Å². The molecule has 4 heteroatoms. The van der Waals surface area contributed by atoms with E-state index in [-0.39, 0.29) is 6.04 Å². The van der Waals surface area contributed by atoms with Gasteiger partial charge in [0.25, 0.3) is 0 Å². The summed E-state index contributed by atoms with van der Waals surface area (Å²) >= 11 is 3.34. The van der Waals surface area contributed by atoms with Crippen LogP contribution in [-0.2, 0) is 0 Å². The maximum Gasteiger partial charge on any atom is 0.169 e. The lowest BCUT2D eigenvalue weighted by Crippen LogP contribution is -2.30. The van der Waals surface area contributed by atoms with Crippen LogP contribution in [0.15, 0.2) is 21.2 Å². The van der Waals surface area contributed by atoms with Crippen LogP contribution in [0.25, 0.3) is 0 Å². The topological polar surface area (TPSA) is 28.4 Å². The number of rotatable bonds is 9. The molecule has 0 aliphatic carbocycles. The van der Waals surface area contributed by atoms with Crippen molar-refractivity contribution in [3.8, 4) is 0 Å². The third-order valence-corrected chi connectivity index (χ3v) is 3.99. The average Bonchev–Trinajstić information content (AvgIpc) is 2.81. The first-order valence-corrected chi connectivity index (χ1v) is 8.09. The lowest BCUT2D eigenvalue weighted by molar-refractivity contribution is 0.286. The van der Waals surface area contributed by atoms with Crippen molar-refractivity contribution in [1.82, 2.24) is 10.2 Å². The second-order valence-electron chi connectivity index (χ2n) is 5.10. The van der Waals surface area contributed by atoms with Crippen LogP contribution >= 0.6 is 15.9 Å². The zero-order valence-corrected chi connectivity index (χ0v) is 14.2. The summed E-state index contributed by atoms with van der Waals surface area (Å²) in [6, 6.07) is 4.73. The molecule has 0 radical (unpaired) electrons. The Labute approximate surface area is 125 Å². The first-order valence-electron chi connectivity index (χ1n) is 7.30. The van der Waals surface area contributed by atoms with Crippen molar-refractivity contribution < 1.29 is 4.42 Å². The summed E-state index contributed by atoms with van der Waals surface area (Å²) < 4.78 is 6.37. The highest BCUT2D eigenvalue weighted by molar-refractivity contribution is 9.10. The molecule has 1 rings (SSSR count). The molecular weight excluding hydrogens is 304 g/mol. The van der Waals surface area contributed by atoms with Gasteiger partial charge in [0.1, 0.15) is 5.76 Å². The minimum Gasteiger partial charge on any atom is -0.453 e. The Balaban J connectivity index is 2.25. The Morgan fingerprint density at radius 2 is 1.95 bits per heavy atom. The second-order valence-corrected chi connectivity index (χ2v) is 5.88. The number of furan rings is 1. The molecule has 0 aliphatic heterocycles. The molecule has 0 fully saturated rings. The fraction of sp³-hybridized carbons (Fsp3) is 0.733. The normalized spacial score (nSPS) is 14.8. The van der Waals surface area contributed by atoms with E-state index >= 15 is 0 Å². The van der Waals surface area contributed by atoms with Crippen LogP contribution in [0.4, 0.5) is 0 Å². The van der Waals surface area contributed by atoms with Crippen LogP contribution in [0.5, 0.6) is 0 Å². The molecule has 1 heterocycles. The molecule has 0 spiro atoms. The smallest absolute Gasteiger partial charge is 0.169 e. The zero-order valence-electron chi connectivity index (χ0n) is 12.6. The molecule has 1 aromatic heterocycles. The molecule has 110 valence electrons. The molecule has 0 saturated carbocycles. The summed E-state index contributed by atoms with van der Waals surface area (Å²) in [7, 11) is 0. The van der Waals surface area contributed by atoms with Crippen molar-refractivity contribution in [3.05, 3.63) is 22.6 Å². The molecule has 1 N–H and O–H groups in total. The molecule has 0 saturated heterocycles. The highest BCUT2D eigenvalue weighted by Crippen LogP contribution is 2.20. The van der Waals surface area contributed by atoms with Crippen LogP contribution in [-0.4, -0.2) is 30.6 Å². The van der Waals surface area contributed by atoms with E-state index in [2.05, 4.69) is 53.8 Å². The van der Waals surface area contributed by atoms with Gasteiger partial charge in [-0.05, 0) is 74.4 Å². The molecule has 0 bridgehead atoms. The number of nitrogens with zero attached hydrogens (tertiary/aromatic N) is 1. The van der Waals surface area contributed by atoms with E-state index in [4.69, 9.17) is 4.42 Å². The van der Waals surface area contributed by atoms with Crippen molar-refractivity contribution >= 4 is 15.9 Å². The van der Waals surface area contributed by atoms with Crippen LogP contribution in [0.2, 0.25) is 0 Å². The summed E-state index contributed by atoms with van der Waals surface area (Å²) in [5.41, 5.74) is 0. The highest BCUT2D eigenvalue weighted by atomic mass is 79.9. The second kappa shape index (κ2) is 8.77. The Hall–Kier alpha value is -0.320. The fourth-order valence-electron chi connectivity index (χ4n) is 2.31. The van der Waals surface area contributed by atoms with Gasteiger partial charge < -0.3 is 14.6 Å². The summed E-state index contributed by atoms with van der Waals surface area (Å²) in [4.78, 5) is 2.47. The first kappa shape index (κ1) is 16.7. The quantitative estimate of drug-likeness (QED) is 0.735. The summed E-state index contributed by atoms with van der Waals surface area (Å²) in [6.07, 6.45) is 2.44. The predicted molar refractivity (Wildman–Crippen MR) is 84.4 cm³/mol. The number of halogens is 1. The maximum absolute atomic E-state index is 5.57. The van der Waals surface area contributed by atoms with E-state index in [1.165, 1.54) is 19.4 Å². The van der Waals surface area contributed by atoms with E-state index in [0.717, 1.165) is 23.5 Å². The van der Waals surface area contributed by atoms with Crippen LogP contribution in [0.1, 0.15) is 52.3 Å². The van der Waals surface area contributed by atoms with Gasteiger partial charge in [0.2, 0.25) is 0 Å². The van der Waals surface area contributed by atoms with Gasteiger partial charge in [-0.2, -0.15) is 0 Å². The van der Waals surface area contributed by atoms with Gasteiger partial charge in [0.05, 0.1) is 6.04 Å². The van der Waals surface area contributed by atoms with Crippen molar-refractivity contribution in [2.24, 2.45) is 0 Å². The molecule has 0 aromatic carbocycles. The van der Waals surface area contributed by atoms with Crippen molar-refractivity contribution in [2.75, 3.05) is 19.6 Å². The zero-order chi connectivity index (χ0) is 14.3. The van der Waals surface area contributed by atoms with Gasteiger partial charge in [-0.1, -0.05) is 13.8 Å². The fourth-order valence-corrected chi connectivity index (χ4v) is 2.63. The van der Waals surface area contributed by atoms with E-state index < -0.39 is 0 Å². The van der Waals surface area contributed by atoms with Gasteiger partial charge in [0, 0.05) is 6.04 Å². The average molecular weight is 331 g/mol. The van der Waals surface area contributed by atoms with Gasteiger partial charge in [-0.25, -0.2) is 0 Å². The lowest BCUT2D eigenvalue weighted by atomic mass is 10.1. The van der Waals surface area contributed by atoms with E-state index in [9.17, 15) is 0 Å². The van der Waals surface area contributed by atoms with Crippen molar-refractivity contribution in [3.63, 3.8) is 0 Å². The molecule has 0 amide bonds. The largest absolute Gasteiger partial charge is 0.453 e. The Bertz CT molecular complexity index is 350. The van der Waals surface area contributed by atoms with Gasteiger partial charge in [-0.3, -0.25) is 0 Å². The molecule has 2 unspecified atom stereocenters. The molecule has 0 aliphatic rings. The Kier molecular flexibility index (Phi) is 7.73. The monoisotopic (exact) mass is 330 g/mol. The standard InChI is InChI=1S/C15H27BrN2O/c1-5-18(6-2)11-7-8-12(3)17-13(4)14-9-10-15(16)19-14/h9-10,12-13,17H,5-8,11H2,1-4H3. The van der Waals surface area contributed by atoms with Gasteiger partial charge >= 0.3 is 0 Å². The third kappa shape index (κ3) is 6.11. The molecule has 2 atom stereocenters. The summed E-state index contributed by atoms with van der Waals surface area (Å²) in [6.45, 7) is 12.3.